The average molecular weight is 807 g/mol. The van der Waals surface area contributed by atoms with Crippen LogP contribution in [-0.4, -0.2) is 57.5 Å². The van der Waals surface area contributed by atoms with Crippen molar-refractivity contribution in [3.8, 4) is 11.5 Å². The van der Waals surface area contributed by atoms with Crippen LogP contribution in [0.5, 0.6) is 11.5 Å². The smallest absolute Gasteiger partial charge is 0.230 e. The molecular weight excluding hydrogens is 752 g/mol. The van der Waals surface area contributed by atoms with Crippen LogP contribution < -0.4 is 9.47 Å². The number of allylic oxidation sites excluding steroid dienone is 1. The van der Waals surface area contributed by atoms with Crippen molar-refractivity contribution >= 4 is 17.5 Å². The molecule has 4 aromatic rings. The molecule has 1 fully saturated rings. The van der Waals surface area contributed by atoms with Crippen LogP contribution in [0.25, 0.3) is 0 Å². The number of pyridine rings is 1. The summed E-state index contributed by atoms with van der Waals surface area (Å²) < 4.78 is 35.4. The molecule has 0 bridgehead atoms. The molecule has 10 heteroatoms. The summed E-state index contributed by atoms with van der Waals surface area (Å²) >= 11 is 1.84. The van der Waals surface area contributed by atoms with Gasteiger partial charge in [-0.05, 0) is 103 Å². The Bertz CT molecular complexity index is 2000. The Hall–Kier alpha value is -4.48. The molecule has 0 amide bonds. The molecule has 2 heterocycles. The van der Waals surface area contributed by atoms with Crippen LogP contribution in [0.3, 0.4) is 0 Å². The molecule has 2 N–H and O–H groups in total. The fraction of sp³-hybridized carbons (Fsp3) is 0.417. The van der Waals surface area contributed by atoms with Crippen LogP contribution in [0, 0.1) is 23.6 Å². The maximum absolute atomic E-state index is 14.7. The first-order chi connectivity index (χ1) is 28.5. The van der Waals surface area contributed by atoms with Gasteiger partial charge < -0.3 is 29.3 Å². The molecule has 0 radical (unpaired) electrons. The summed E-state index contributed by atoms with van der Waals surface area (Å²) in [6.45, 7) is 5.05. The van der Waals surface area contributed by atoms with Crippen LogP contribution in [0.2, 0.25) is 0 Å². The van der Waals surface area contributed by atoms with Crippen molar-refractivity contribution in [2.45, 2.75) is 81.5 Å². The lowest BCUT2D eigenvalue weighted by Gasteiger charge is -2.58. The normalized spacial score (nSPS) is 23.9. The number of aromatic nitrogens is 1. The number of rotatable bonds is 21. The number of benzene rings is 3. The highest BCUT2D eigenvalue weighted by molar-refractivity contribution is 8.00. The third-order valence-corrected chi connectivity index (χ3v) is 13.0. The number of hydrogen-bond acceptors (Lipinski definition) is 9. The van der Waals surface area contributed by atoms with Crippen molar-refractivity contribution in [2.75, 3.05) is 25.6 Å². The van der Waals surface area contributed by atoms with Crippen LogP contribution >= 0.6 is 11.8 Å². The third-order valence-electron chi connectivity index (χ3n) is 11.7. The van der Waals surface area contributed by atoms with E-state index in [1.165, 1.54) is 11.6 Å². The van der Waals surface area contributed by atoms with E-state index in [0.29, 0.717) is 43.8 Å². The molecule has 2 aliphatic carbocycles. The van der Waals surface area contributed by atoms with Crippen LogP contribution in [0.1, 0.15) is 73.1 Å². The number of oxime groups is 1. The molecule has 306 valence electrons. The summed E-state index contributed by atoms with van der Waals surface area (Å²) in [7, 11) is 0. The summed E-state index contributed by atoms with van der Waals surface area (Å²) in [6, 6.07) is 26.8. The Morgan fingerprint density at radius 2 is 1.69 bits per heavy atom. The van der Waals surface area contributed by atoms with Crippen molar-refractivity contribution in [1.29, 1.82) is 0 Å². The van der Waals surface area contributed by atoms with E-state index in [4.69, 9.17) is 24.2 Å². The maximum atomic E-state index is 14.7. The Morgan fingerprint density at radius 3 is 2.47 bits per heavy atom. The molecule has 6 atom stereocenters. The zero-order valence-corrected chi connectivity index (χ0v) is 33.9. The third kappa shape index (κ3) is 9.69. The lowest BCUT2D eigenvalue weighted by molar-refractivity contribution is -0.223. The first kappa shape index (κ1) is 41.7. The Balaban J connectivity index is 1.34. The van der Waals surface area contributed by atoms with Crippen molar-refractivity contribution in [3.05, 3.63) is 150 Å². The van der Waals surface area contributed by atoms with Gasteiger partial charge in [-0.25, -0.2) is 4.39 Å². The number of ether oxygens (including phenoxy) is 3. The largest absolute Gasteiger partial charge is 0.489 e. The second-order valence-electron chi connectivity index (χ2n) is 15.4. The fourth-order valence-electron chi connectivity index (χ4n) is 8.97. The zero-order chi connectivity index (χ0) is 40.2. The van der Waals surface area contributed by atoms with Gasteiger partial charge >= 0.3 is 0 Å². The highest BCUT2D eigenvalue weighted by atomic mass is 32.2. The van der Waals surface area contributed by atoms with Gasteiger partial charge in [-0.15, -0.1) is 6.58 Å². The first-order valence-electron chi connectivity index (χ1n) is 20.7. The second kappa shape index (κ2) is 20.5. The SMILES string of the molecule is C=CCOC12Oc3ccc(OCc4ccccc4F)cc3C3C(CCCCO)C(CCCCO)C=C(C(=NOCc4ccccc4)CC1SCCc1ccncc1)C32. The number of aliphatic hydroxyl groups excluding tert-OH is 2. The summed E-state index contributed by atoms with van der Waals surface area (Å²) in [5.41, 5.74) is 5.72. The lowest BCUT2D eigenvalue weighted by atomic mass is 9.56. The summed E-state index contributed by atoms with van der Waals surface area (Å²) in [6.07, 6.45) is 14.2. The zero-order valence-electron chi connectivity index (χ0n) is 33.1. The van der Waals surface area contributed by atoms with E-state index in [0.717, 1.165) is 66.0 Å². The molecule has 7 rings (SSSR count). The minimum atomic E-state index is -1.07. The molecule has 1 aromatic heterocycles. The van der Waals surface area contributed by atoms with E-state index in [1.807, 2.05) is 72.7 Å². The molecule has 6 unspecified atom stereocenters. The molecule has 1 aliphatic heterocycles. The van der Waals surface area contributed by atoms with E-state index in [9.17, 15) is 14.6 Å². The van der Waals surface area contributed by atoms with Crippen molar-refractivity contribution in [2.24, 2.45) is 22.9 Å². The minimum absolute atomic E-state index is 0.0775. The lowest BCUT2D eigenvalue weighted by Crippen LogP contribution is -2.64. The summed E-state index contributed by atoms with van der Waals surface area (Å²) in [5.74, 6) is 0.793. The minimum Gasteiger partial charge on any atom is -0.489 e. The van der Waals surface area contributed by atoms with Crippen molar-refractivity contribution in [1.82, 2.24) is 4.98 Å². The first-order valence-corrected chi connectivity index (χ1v) is 21.7. The number of nitrogens with zero attached hydrogens (tertiary/aromatic N) is 2. The molecule has 0 saturated heterocycles. The molecular formula is C48H55FN2O6S. The Kier molecular flexibility index (Phi) is 14.7. The molecule has 3 aliphatic rings. The number of fused-ring (bicyclic) bond motifs is 2. The quantitative estimate of drug-likeness (QED) is 0.0488. The van der Waals surface area contributed by atoms with E-state index in [1.54, 1.807) is 18.2 Å². The molecule has 1 saturated carbocycles. The monoisotopic (exact) mass is 806 g/mol. The van der Waals surface area contributed by atoms with Gasteiger partial charge in [-0.2, -0.15) is 11.8 Å². The standard InChI is InChI=1S/C48H55FN2O6S/c1-2-27-55-48-45(58-28-22-34-20-23-50-24-21-34)31-43(51-56-32-35-12-4-3-5-13-35)40-29-36(14-8-10-25-52)39(16-9-11-26-53)46(47(40)48)41-30-38(18-19-44(41)57-48)54-33-37-15-6-7-17-42(37)49/h2-7,12-13,15,17-21,23-24,29-30,36,39,45-47,52-53H,1,8-11,14,16,22,25-28,31-33H2. The van der Waals surface area contributed by atoms with Gasteiger partial charge in [-0.1, -0.05) is 78.7 Å². The summed E-state index contributed by atoms with van der Waals surface area (Å²) in [5, 5.41) is 24.6. The van der Waals surface area contributed by atoms with E-state index in [2.05, 4.69) is 35.8 Å². The molecule has 8 nitrogen and oxygen atoms in total. The highest BCUT2D eigenvalue weighted by Gasteiger charge is 2.64. The molecule has 3 aromatic carbocycles. The topological polar surface area (TPSA) is 103 Å². The maximum Gasteiger partial charge on any atom is 0.230 e. The predicted octanol–water partition coefficient (Wildman–Crippen LogP) is 9.61. The van der Waals surface area contributed by atoms with Crippen LogP contribution in [-0.2, 0) is 29.2 Å². The molecule has 0 spiro atoms. The number of halogens is 1. The molecule has 58 heavy (non-hydrogen) atoms. The average Bonchev–Trinajstić information content (AvgIpc) is 3.25. The van der Waals surface area contributed by atoms with Crippen LogP contribution in [0.15, 0.2) is 127 Å². The van der Waals surface area contributed by atoms with Gasteiger partial charge in [0.15, 0.2) is 0 Å². The fourth-order valence-corrected chi connectivity index (χ4v) is 10.4. The second-order valence-corrected chi connectivity index (χ2v) is 16.7. The van der Waals surface area contributed by atoms with E-state index >= 15 is 0 Å². The van der Waals surface area contributed by atoms with Gasteiger partial charge in [0, 0.05) is 49.1 Å². The number of aliphatic hydroxyl groups is 2. The van der Waals surface area contributed by atoms with Gasteiger partial charge in [0.1, 0.15) is 30.5 Å². The van der Waals surface area contributed by atoms with Gasteiger partial charge in [0.2, 0.25) is 5.79 Å². The van der Waals surface area contributed by atoms with E-state index < -0.39 is 5.79 Å². The number of hydrogen-bond donors (Lipinski definition) is 2. The van der Waals surface area contributed by atoms with Crippen molar-refractivity contribution in [3.63, 3.8) is 0 Å². The Labute approximate surface area is 346 Å². The number of unbranched alkanes of at least 4 members (excludes halogenated alkanes) is 2. The van der Waals surface area contributed by atoms with Crippen molar-refractivity contribution < 1.29 is 33.7 Å². The Morgan fingerprint density at radius 1 is 0.914 bits per heavy atom. The van der Waals surface area contributed by atoms with E-state index in [-0.39, 0.29) is 54.6 Å². The van der Waals surface area contributed by atoms with Gasteiger partial charge in [-0.3, -0.25) is 4.98 Å². The predicted molar refractivity (Wildman–Crippen MR) is 227 cm³/mol. The number of aryl methyl sites for hydroxylation is 1. The van der Waals surface area contributed by atoms with Gasteiger partial charge in [0.05, 0.1) is 23.5 Å². The highest BCUT2D eigenvalue weighted by Crippen LogP contribution is 2.62. The van der Waals surface area contributed by atoms with Gasteiger partial charge in [0.25, 0.3) is 0 Å². The van der Waals surface area contributed by atoms with Crippen LogP contribution in [0.4, 0.5) is 4.39 Å². The number of thioether (sulfide) groups is 1. The summed E-state index contributed by atoms with van der Waals surface area (Å²) in [4.78, 5) is 10.4.